The number of hydrogen-bond acceptors (Lipinski definition) is 4. The van der Waals surface area contributed by atoms with Gasteiger partial charge in [-0.05, 0) is 71.6 Å². The number of benzene rings is 4. The summed E-state index contributed by atoms with van der Waals surface area (Å²) in [5.41, 5.74) is 2.32. The normalized spacial score (nSPS) is 12.4. The molecule has 1 unspecified atom stereocenters. The lowest BCUT2D eigenvalue weighted by Gasteiger charge is -2.19. The number of halogens is 5. The van der Waals surface area contributed by atoms with Crippen LogP contribution in [0.1, 0.15) is 33.0 Å². The van der Waals surface area contributed by atoms with Gasteiger partial charge in [0.25, 0.3) is 16.0 Å². The molecular formula is C31H25Cl2F3N2O5S. The highest BCUT2D eigenvalue weighted by Crippen LogP contribution is 2.33. The molecule has 0 aliphatic rings. The molecule has 0 saturated heterocycles. The van der Waals surface area contributed by atoms with Crippen molar-refractivity contribution in [3.8, 4) is 11.1 Å². The van der Waals surface area contributed by atoms with Crippen LogP contribution < -0.4 is 10.6 Å². The summed E-state index contributed by atoms with van der Waals surface area (Å²) in [4.78, 5) is 25.8. The summed E-state index contributed by atoms with van der Waals surface area (Å²) in [5, 5.41) is 6.15. The second-order valence-corrected chi connectivity index (χ2v) is 12.2. The van der Waals surface area contributed by atoms with Crippen molar-refractivity contribution in [2.75, 3.05) is 17.6 Å². The molecule has 1 atom stereocenters. The Labute approximate surface area is 261 Å². The number of amides is 2. The summed E-state index contributed by atoms with van der Waals surface area (Å²) in [6.07, 6.45) is -4.44. The zero-order valence-electron chi connectivity index (χ0n) is 22.7. The highest BCUT2D eigenvalue weighted by atomic mass is 35.5. The van der Waals surface area contributed by atoms with Gasteiger partial charge in [-0.1, -0.05) is 65.7 Å². The van der Waals surface area contributed by atoms with Crippen LogP contribution in [0.3, 0.4) is 0 Å². The summed E-state index contributed by atoms with van der Waals surface area (Å²) >= 11 is 12.3. The Hall–Kier alpha value is -3.90. The lowest BCUT2D eigenvalue weighted by atomic mass is 9.90. The summed E-state index contributed by atoms with van der Waals surface area (Å²) in [6.45, 7) is -0.288. The van der Waals surface area contributed by atoms with Gasteiger partial charge in [0.15, 0.2) is 0 Å². The number of carbonyl (C=O) groups is 2. The van der Waals surface area contributed by atoms with Crippen LogP contribution in [0.2, 0.25) is 10.0 Å². The Morgan fingerprint density at radius 1 is 0.864 bits per heavy atom. The first-order chi connectivity index (χ1) is 20.7. The molecule has 0 heterocycles. The minimum Gasteiger partial charge on any atom is -0.351 e. The second kappa shape index (κ2) is 13.8. The summed E-state index contributed by atoms with van der Waals surface area (Å²) in [7, 11) is -4.23. The summed E-state index contributed by atoms with van der Waals surface area (Å²) < 4.78 is 70.1. The van der Waals surface area contributed by atoms with E-state index in [1.165, 1.54) is 24.3 Å². The quantitative estimate of drug-likeness (QED) is 0.155. The number of rotatable bonds is 10. The first-order valence-corrected chi connectivity index (χ1v) is 15.4. The molecule has 3 N–H and O–H groups in total. The standard InChI is InChI=1S/C31H25Cl2F3N2O5S/c32-24-11-14-26(28(33)18-24)20-7-12-25(13-8-20)38-30(40)27(21-5-9-23(10-6-21)31(34,35)36)17-19-1-3-22(4-2-19)29(39)37-15-16-44(41,42)43/h1-14,18,27H,15-17H2,(H,37,39)(H,38,40)(H,41,42,43). The second-order valence-electron chi connectivity index (χ2n) is 9.81. The van der Waals surface area contributed by atoms with Gasteiger partial charge in [0.1, 0.15) is 0 Å². The largest absolute Gasteiger partial charge is 0.416 e. The molecule has 4 aromatic rings. The van der Waals surface area contributed by atoms with E-state index in [9.17, 15) is 31.2 Å². The van der Waals surface area contributed by atoms with Crippen molar-refractivity contribution in [2.45, 2.75) is 18.5 Å². The van der Waals surface area contributed by atoms with Crippen molar-refractivity contribution < 1.29 is 35.7 Å². The van der Waals surface area contributed by atoms with Crippen LogP contribution in [0.25, 0.3) is 11.1 Å². The number of nitrogens with one attached hydrogen (secondary N) is 2. The van der Waals surface area contributed by atoms with E-state index in [1.807, 2.05) is 0 Å². The third-order valence-corrected chi connectivity index (χ3v) is 7.92. The van der Waals surface area contributed by atoms with Crippen molar-refractivity contribution in [3.63, 3.8) is 0 Å². The molecule has 0 aliphatic heterocycles. The third-order valence-electron chi connectivity index (χ3n) is 6.65. The monoisotopic (exact) mass is 664 g/mol. The fourth-order valence-corrected chi connectivity index (χ4v) is 5.25. The summed E-state index contributed by atoms with van der Waals surface area (Å²) in [5.74, 6) is -2.56. The molecule has 2 amide bonds. The van der Waals surface area contributed by atoms with E-state index in [0.717, 1.165) is 23.3 Å². The van der Waals surface area contributed by atoms with Crippen LogP contribution in [0.15, 0.2) is 91.0 Å². The van der Waals surface area contributed by atoms with Gasteiger partial charge in [0, 0.05) is 33.4 Å². The lowest BCUT2D eigenvalue weighted by molar-refractivity contribution is -0.137. The van der Waals surface area contributed by atoms with Gasteiger partial charge in [-0.15, -0.1) is 0 Å². The molecule has 4 aromatic carbocycles. The third kappa shape index (κ3) is 9.06. The van der Waals surface area contributed by atoms with Crippen molar-refractivity contribution in [2.24, 2.45) is 0 Å². The Bertz CT molecular complexity index is 1750. The Kier molecular flexibility index (Phi) is 10.4. The van der Waals surface area contributed by atoms with Gasteiger partial charge >= 0.3 is 6.18 Å². The number of carbonyl (C=O) groups excluding carboxylic acids is 2. The highest BCUT2D eigenvalue weighted by Gasteiger charge is 2.31. The Morgan fingerprint density at radius 2 is 1.50 bits per heavy atom. The number of hydrogen-bond donors (Lipinski definition) is 3. The zero-order chi connectivity index (χ0) is 32.1. The lowest BCUT2D eigenvalue weighted by Crippen LogP contribution is -2.28. The van der Waals surface area contributed by atoms with E-state index in [1.54, 1.807) is 54.6 Å². The van der Waals surface area contributed by atoms with Gasteiger partial charge in [-0.25, -0.2) is 0 Å². The van der Waals surface area contributed by atoms with Crippen LogP contribution in [0.4, 0.5) is 18.9 Å². The van der Waals surface area contributed by atoms with E-state index in [0.29, 0.717) is 26.9 Å². The van der Waals surface area contributed by atoms with Crippen LogP contribution >= 0.6 is 23.2 Å². The average molecular weight is 666 g/mol. The Balaban J connectivity index is 1.53. The molecule has 13 heteroatoms. The molecule has 0 fully saturated rings. The molecule has 7 nitrogen and oxygen atoms in total. The van der Waals surface area contributed by atoms with Gasteiger partial charge < -0.3 is 10.6 Å². The molecule has 44 heavy (non-hydrogen) atoms. The SMILES string of the molecule is O=C(NCCS(=O)(=O)O)c1ccc(CC(C(=O)Nc2ccc(-c3ccc(Cl)cc3Cl)cc2)c2ccc(C(F)(F)F)cc2)cc1. The summed E-state index contributed by atoms with van der Waals surface area (Å²) in [6, 6.07) is 22.4. The van der Waals surface area contributed by atoms with Crippen LogP contribution in [-0.2, 0) is 27.5 Å². The fourth-order valence-electron chi connectivity index (χ4n) is 4.38. The number of alkyl halides is 3. The van der Waals surface area contributed by atoms with Crippen molar-refractivity contribution in [3.05, 3.63) is 123 Å². The molecule has 0 radical (unpaired) electrons. The van der Waals surface area contributed by atoms with E-state index in [-0.39, 0.29) is 18.5 Å². The van der Waals surface area contributed by atoms with E-state index in [2.05, 4.69) is 10.6 Å². The minimum atomic E-state index is -4.54. The number of anilines is 1. The average Bonchev–Trinajstić information content (AvgIpc) is 2.95. The molecule has 4 rings (SSSR count). The van der Waals surface area contributed by atoms with E-state index < -0.39 is 45.3 Å². The highest BCUT2D eigenvalue weighted by molar-refractivity contribution is 7.85. The molecular weight excluding hydrogens is 640 g/mol. The fraction of sp³-hybridized carbons (Fsp3) is 0.161. The predicted octanol–water partition coefficient (Wildman–Crippen LogP) is 7.26. The van der Waals surface area contributed by atoms with Crippen molar-refractivity contribution in [1.82, 2.24) is 5.32 Å². The van der Waals surface area contributed by atoms with E-state index >= 15 is 0 Å². The Morgan fingerprint density at radius 3 is 2.07 bits per heavy atom. The van der Waals surface area contributed by atoms with Crippen molar-refractivity contribution in [1.29, 1.82) is 0 Å². The molecule has 0 bridgehead atoms. The van der Waals surface area contributed by atoms with Crippen LogP contribution in [0, 0.1) is 0 Å². The topological polar surface area (TPSA) is 113 Å². The van der Waals surface area contributed by atoms with Gasteiger partial charge in [0.05, 0.1) is 17.2 Å². The first kappa shape index (κ1) is 33.0. The molecule has 0 spiro atoms. The first-order valence-electron chi connectivity index (χ1n) is 13.1. The maximum atomic E-state index is 13.5. The van der Waals surface area contributed by atoms with Crippen molar-refractivity contribution >= 4 is 50.8 Å². The van der Waals surface area contributed by atoms with Gasteiger partial charge in [0.2, 0.25) is 5.91 Å². The van der Waals surface area contributed by atoms with Crippen LogP contribution in [-0.4, -0.2) is 37.1 Å². The predicted molar refractivity (Wildman–Crippen MR) is 164 cm³/mol. The van der Waals surface area contributed by atoms with Crippen LogP contribution in [0.5, 0.6) is 0 Å². The zero-order valence-corrected chi connectivity index (χ0v) is 25.1. The smallest absolute Gasteiger partial charge is 0.351 e. The molecule has 0 saturated carbocycles. The minimum absolute atomic E-state index is 0.0975. The molecule has 0 aliphatic carbocycles. The molecule has 0 aromatic heterocycles. The van der Waals surface area contributed by atoms with Gasteiger partial charge in [-0.3, -0.25) is 14.1 Å². The van der Waals surface area contributed by atoms with Gasteiger partial charge in [-0.2, -0.15) is 21.6 Å². The maximum absolute atomic E-state index is 13.5. The maximum Gasteiger partial charge on any atom is 0.416 e. The molecule has 230 valence electrons. The van der Waals surface area contributed by atoms with E-state index in [4.69, 9.17) is 27.8 Å².